The van der Waals surface area contributed by atoms with Gasteiger partial charge in [0.05, 0.1) is 0 Å². The van der Waals surface area contributed by atoms with E-state index in [-0.39, 0.29) is 0 Å². The van der Waals surface area contributed by atoms with Crippen molar-refractivity contribution in [2.45, 2.75) is 84.4 Å². The van der Waals surface area contributed by atoms with Gasteiger partial charge in [0, 0.05) is 5.54 Å². The summed E-state index contributed by atoms with van der Waals surface area (Å²) in [6, 6.07) is -1.38. The molecule has 0 aromatic heterocycles. The number of rotatable bonds is 8. The SMILES string of the molecule is CCCC1(CCC)NC(=O)N(CC(=O)O[C@H](C)C(=O)NC(=O)NC(C)(C)C)C1=O. The zero-order chi connectivity index (χ0) is 22.4. The molecule has 1 fully saturated rings. The molecule has 0 aliphatic carbocycles. The summed E-state index contributed by atoms with van der Waals surface area (Å²) in [7, 11) is 0. The predicted octanol–water partition coefficient (Wildman–Crippen LogP) is 1.43. The molecular formula is C19H32N4O6. The lowest BCUT2D eigenvalue weighted by Gasteiger charge is -2.25. The number of hydrogen-bond acceptors (Lipinski definition) is 6. The molecule has 1 atom stereocenters. The Labute approximate surface area is 171 Å². The van der Waals surface area contributed by atoms with E-state index in [9.17, 15) is 24.0 Å². The van der Waals surface area contributed by atoms with E-state index < -0.39 is 53.6 Å². The van der Waals surface area contributed by atoms with Gasteiger partial charge in [-0.15, -0.1) is 0 Å². The van der Waals surface area contributed by atoms with E-state index >= 15 is 0 Å². The second-order valence-electron chi connectivity index (χ2n) is 8.23. The number of hydrogen-bond donors (Lipinski definition) is 3. The number of ether oxygens (including phenoxy) is 1. The highest BCUT2D eigenvalue weighted by molar-refractivity contribution is 6.08. The van der Waals surface area contributed by atoms with E-state index in [1.54, 1.807) is 20.8 Å². The van der Waals surface area contributed by atoms with Gasteiger partial charge in [0.25, 0.3) is 11.8 Å². The molecule has 0 aromatic carbocycles. The normalized spacial score (nSPS) is 16.8. The molecule has 3 N–H and O–H groups in total. The maximum absolute atomic E-state index is 12.8. The summed E-state index contributed by atoms with van der Waals surface area (Å²) in [5.41, 5.74) is -1.55. The fraction of sp³-hybridized carbons (Fsp3) is 0.737. The Morgan fingerprint density at radius 1 is 1.14 bits per heavy atom. The minimum Gasteiger partial charge on any atom is -0.451 e. The van der Waals surface area contributed by atoms with Crippen molar-refractivity contribution in [2.75, 3.05) is 6.54 Å². The van der Waals surface area contributed by atoms with Crippen molar-refractivity contribution in [2.24, 2.45) is 0 Å². The number of nitrogens with zero attached hydrogens (tertiary/aromatic N) is 1. The fourth-order valence-corrected chi connectivity index (χ4v) is 3.14. The lowest BCUT2D eigenvalue weighted by atomic mass is 9.88. The third kappa shape index (κ3) is 6.72. The number of carbonyl (C=O) groups excluding carboxylic acids is 5. The number of esters is 1. The molecule has 0 unspecified atom stereocenters. The lowest BCUT2D eigenvalue weighted by molar-refractivity contribution is -0.156. The van der Waals surface area contributed by atoms with Gasteiger partial charge >= 0.3 is 18.0 Å². The Balaban J connectivity index is 2.67. The molecule has 1 heterocycles. The molecule has 164 valence electrons. The van der Waals surface area contributed by atoms with Crippen LogP contribution in [-0.2, 0) is 19.1 Å². The largest absolute Gasteiger partial charge is 0.451 e. The van der Waals surface area contributed by atoms with E-state index in [1.807, 2.05) is 13.8 Å². The van der Waals surface area contributed by atoms with Gasteiger partial charge < -0.3 is 15.4 Å². The highest BCUT2D eigenvalue weighted by atomic mass is 16.5. The van der Waals surface area contributed by atoms with Crippen LogP contribution in [0.4, 0.5) is 9.59 Å². The summed E-state index contributed by atoms with van der Waals surface area (Å²) in [6.07, 6.45) is 1.05. The molecule has 0 spiro atoms. The van der Waals surface area contributed by atoms with Crippen LogP contribution in [0.25, 0.3) is 0 Å². The van der Waals surface area contributed by atoms with E-state index in [4.69, 9.17) is 4.74 Å². The smallest absolute Gasteiger partial charge is 0.327 e. The van der Waals surface area contributed by atoms with E-state index in [1.165, 1.54) is 6.92 Å². The van der Waals surface area contributed by atoms with Gasteiger partial charge in [0.2, 0.25) is 0 Å². The average molecular weight is 412 g/mol. The van der Waals surface area contributed by atoms with Crippen LogP contribution in [0, 0.1) is 0 Å². The molecule has 10 heteroatoms. The first-order chi connectivity index (χ1) is 13.3. The maximum Gasteiger partial charge on any atom is 0.327 e. The van der Waals surface area contributed by atoms with Gasteiger partial charge in [-0.05, 0) is 40.5 Å². The first kappa shape index (κ1) is 24.4. The number of imide groups is 2. The van der Waals surface area contributed by atoms with Crippen LogP contribution in [0.2, 0.25) is 0 Å². The first-order valence-electron chi connectivity index (χ1n) is 9.81. The van der Waals surface area contributed by atoms with Gasteiger partial charge in [-0.2, -0.15) is 0 Å². The first-order valence-corrected chi connectivity index (χ1v) is 9.81. The topological polar surface area (TPSA) is 134 Å². The molecule has 0 bridgehead atoms. The molecular weight excluding hydrogens is 380 g/mol. The van der Waals surface area contributed by atoms with Crippen LogP contribution in [0.3, 0.4) is 0 Å². The molecule has 1 rings (SSSR count). The van der Waals surface area contributed by atoms with Gasteiger partial charge in [-0.25, -0.2) is 9.59 Å². The van der Waals surface area contributed by atoms with Crippen LogP contribution in [0.1, 0.15) is 67.2 Å². The minimum atomic E-state index is -1.27. The molecule has 10 nitrogen and oxygen atoms in total. The minimum absolute atomic E-state index is 0.468. The monoisotopic (exact) mass is 412 g/mol. The molecule has 0 radical (unpaired) electrons. The number of amides is 6. The highest BCUT2D eigenvalue weighted by Gasteiger charge is 2.50. The van der Waals surface area contributed by atoms with Crippen molar-refractivity contribution in [3.63, 3.8) is 0 Å². The summed E-state index contributed by atoms with van der Waals surface area (Å²) in [6.45, 7) is 9.74. The van der Waals surface area contributed by atoms with Crippen molar-refractivity contribution in [3.8, 4) is 0 Å². The molecule has 29 heavy (non-hydrogen) atoms. The van der Waals surface area contributed by atoms with Crippen molar-refractivity contribution in [1.82, 2.24) is 20.9 Å². The molecule has 0 aromatic rings. The molecule has 1 aliphatic heterocycles. The zero-order valence-electron chi connectivity index (χ0n) is 18.0. The quantitative estimate of drug-likeness (QED) is 0.408. The van der Waals surface area contributed by atoms with Crippen LogP contribution < -0.4 is 16.0 Å². The summed E-state index contributed by atoms with van der Waals surface area (Å²) < 4.78 is 4.98. The van der Waals surface area contributed by atoms with E-state index in [0.29, 0.717) is 25.7 Å². The number of urea groups is 2. The number of carbonyl (C=O) groups is 5. The maximum atomic E-state index is 12.8. The average Bonchev–Trinajstić information content (AvgIpc) is 2.78. The second kappa shape index (κ2) is 9.71. The van der Waals surface area contributed by atoms with Crippen molar-refractivity contribution in [1.29, 1.82) is 0 Å². The lowest BCUT2D eigenvalue weighted by Crippen LogP contribution is -2.51. The zero-order valence-corrected chi connectivity index (χ0v) is 18.0. The third-order valence-corrected chi connectivity index (χ3v) is 4.29. The van der Waals surface area contributed by atoms with E-state index in [0.717, 1.165) is 4.90 Å². The van der Waals surface area contributed by atoms with E-state index in [2.05, 4.69) is 16.0 Å². The summed E-state index contributed by atoms with van der Waals surface area (Å²) >= 11 is 0. The Kier molecular flexibility index (Phi) is 8.16. The Morgan fingerprint density at radius 2 is 1.69 bits per heavy atom. The molecule has 6 amide bonds. The van der Waals surface area contributed by atoms with Gasteiger partial charge in [-0.1, -0.05) is 26.7 Å². The van der Waals surface area contributed by atoms with Crippen LogP contribution in [-0.4, -0.2) is 58.5 Å². The molecule has 1 saturated heterocycles. The Bertz CT molecular complexity index is 664. The predicted molar refractivity (Wildman–Crippen MR) is 105 cm³/mol. The Hall–Kier alpha value is -2.65. The van der Waals surface area contributed by atoms with Gasteiger partial charge in [0.15, 0.2) is 6.10 Å². The van der Waals surface area contributed by atoms with Gasteiger partial charge in [0.1, 0.15) is 12.1 Å². The summed E-state index contributed by atoms with van der Waals surface area (Å²) in [4.78, 5) is 61.7. The van der Waals surface area contributed by atoms with Gasteiger partial charge in [-0.3, -0.25) is 24.6 Å². The van der Waals surface area contributed by atoms with Crippen LogP contribution in [0.15, 0.2) is 0 Å². The molecule has 0 saturated carbocycles. The summed E-state index contributed by atoms with van der Waals surface area (Å²) in [5.74, 6) is -2.20. The standard InChI is InChI=1S/C19H32N4O6/c1-7-9-19(10-8-2)15(26)23(17(28)22-19)11-13(24)29-12(3)14(25)20-16(27)21-18(4,5)6/h12H,7-11H2,1-6H3,(H,22,28)(H2,20,21,25,27)/t12-/m1/s1. The number of nitrogens with one attached hydrogen (secondary N) is 3. The van der Waals surface area contributed by atoms with Crippen molar-refractivity contribution < 1.29 is 28.7 Å². The summed E-state index contributed by atoms with van der Waals surface area (Å²) in [5, 5.41) is 7.31. The highest BCUT2D eigenvalue weighted by Crippen LogP contribution is 2.28. The van der Waals surface area contributed by atoms with Crippen molar-refractivity contribution in [3.05, 3.63) is 0 Å². The van der Waals surface area contributed by atoms with Crippen LogP contribution in [0.5, 0.6) is 0 Å². The van der Waals surface area contributed by atoms with Crippen molar-refractivity contribution >= 4 is 29.8 Å². The van der Waals surface area contributed by atoms with Crippen LogP contribution >= 0.6 is 0 Å². The molecule has 1 aliphatic rings. The second-order valence-corrected chi connectivity index (χ2v) is 8.23. The Morgan fingerprint density at radius 3 is 2.17 bits per heavy atom. The third-order valence-electron chi connectivity index (χ3n) is 4.29. The fourth-order valence-electron chi connectivity index (χ4n) is 3.14.